The Kier molecular flexibility index (Phi) is 4.95. The summed E-state index contributed by atoms with van der Waals surface area (Å²) in [6, 6.07) is 6.57. The van der Waals surface area contributed by atoms with Gasteiger partial charge < -0.3 is 14.9 Å². The lowest BCUT2D eigenvalue weighted by Gasteiger charge is -2.35. The van der Waals surface area contributed by atoms with E-state index in [1.54, 1.807) is 4.90 Å². The number of hydrogen-bond donors (Lipinski definition) is 1. The first-order valence-corrected chi connectivity index (χ1v) is 8.19. The molecule has 1 aliphatic rings. The van der Waals surface area contributed by atoms with Crippen molar-refractivity contribution in [3.05, 3.63) is 52.7 Å². The highest BCUT2D eigenvalue weighted by Gasteiger charge is 2.31. The Morgan fingerprint density at radius 3 is 2.38 bits per heavy atom. The number of amides is 1. The van der Waals surface area contributed by atoms with Crippen molar-refractivity contribution < 1.29 is 23.1 Å². The van der Waals surface area contributed by atoms with Crippen molar-refractivity contribution in [2.24, 2.45) is 0 Å². The minimum absolute atomic E-state index is 0.124. The van der Waals surface area contributed by atoms with E-state index in [1.165, 1.54) is 24.3 Å². The summed E-state index contributed by atoms with van der Waals surface area (Å²) in [5, 5.41) is 10.2. The molecule has 2 aromatic rings. The van der Waals surface area contributed by atoms with Gasteiger partial charge in [-0.1, -0.05) is 11.6 Å². The minimum atomic E-state index is -4.42. The summed E-state index contributed by atoms with van der Waals surface area (Å²) in [4.78, 5) is 19.8. The van der Waals surface area contributed by atoms with Crippen LogP contribution in [0.25, 0.3) is 0 Å². The van der Waals surface area contributed by atoms with Gasteiger partial charge >= 0.3 is 6.18 Å². The highest BCUT2D eigenvalue weighted by Crippen LogP contribution is 2.29. The van der Waals surface area contributed by atoms with Crippen molar-refractivity contribution in [1.29, 1.82) is 0 Å². The molecule has 1 fully saturated rings. The predicted octanol–water partition coefficient (Wildman–Crippen LogP) is 3.42. The Morgan fingerprint density at radius 2 is 1.81 bits per heavy atom. The number of piperazine rings is 1. The van der Waals surface area contributed by atoms with Gasteiger partial charge in [0.25, 0.3) is 5.91 Å². The van der Waals surface area contributed by atoms with Crippen molar-refractivity contribution in [2.45, 2.75) is 6.18 Å². The smallest absolute Gasteiger partial charge is 0.417 e. The maximum absolute atomic E-state index is 12.6. The number of pyridine rings is 1. The van der Waals surface area contributed by atoms with E-state index in [1.807, 2.05) is 4.90 Å². The molecule has 9 heteroatoms. The van der Waals surface area contributed by atoms with Crippen molar-refractivity contribution in [1.82, 2.24) is 9.88 Å². The van der Waals surface area contributed by atoms with Crippen LogP contribution in [0, 0.1) is 0 Å². The molecule has 0 unspecified atom stereocenters. The van der Waals surface area contributed by atoms with Gasteiger partial charge in [0, 0.05) is 37.4 Å². The van der Waals surface area contributed by atoms with Crippen molar-refractivity contribution >= 4 is 23.3 Å². The van der Waals surface area contributed by atoms with Gasteiger partial charge in [-0.25, -0.2) is 4.98 Å². The molecule has 3 rings (SSSR count). The van der Waals surface area contributed by atoms with Crippen LogP contribution in [0.2, 0.25) is 5.02 Å². The van der Waals surface area contributed by atoms with Crippen LogP contribution in [0.1, 0.15) is 15.9 Å². The number of alkyl halides is 3. The van der Waals surface area contributed by atoms with Gasteiger partial charge in [0.2, 0.25) is 0 Å². The number of aromatic hydroxyl groups is 1. The first-order chi connectivity index (χ1) is 12.3. The van der Waals surface area contributed by atoms with Crippen LogP contribution >= 0.6 is 11.6 Å². The fraction of sp³-hybridized carbons (Fsp3) is 0.294. The maximum Gasteiger partial charge on any atom is 0.417 e. The van der Waals surface area contributed by atoms with Crippen LogP contribution < -0.4 is 4.90 Å². The monoisotopic (exact) mass is 385 g/mol. The van der Waals surface area contributed by atoms with Gasteiger partial charge in [0.05, 0.1) is 11.1 Å². The molecule has 0 radical (unpaired) electrons. The molecule has 1 saturated heterocycles. The molecule has 26 heavy (non-hydrogen) atoms. The molecule has 1 aromatic heterocycles. The third kappa shape index (κ3) is 3.85. The molecule has 0 bridgehead atoms. The molecule has 0 spiro atoms. The van der Waals surface area contributed by atoms with Crippen molar-refractivity contribution in [3.63, 3.8) is 0 Å². The van der Waals surface area contributed by atoms with Gasteiger partial charge in [-0.3, -0.25) is 4.79 Å². The zero-order valence-corrected chi connectivity index (χ0v) is 14.3. The number of halogens is 4. The van der Waals surface area contributed by atoms with Crippen molar-refractivity contribution in [2.75, 3.05) is 31.1 Å². The number of nitrogens with zero attached hydrogens (tertiary/aromatic N) is 3. The molecule has 5 nitrogen and oxygen atoms in total. The number of anilines is 1. The highest BCUT2D eigenvalue weighted by atomic mass is 35.5. The quantitative estimate of drug-likeness (QED) is 0.860. The van der Waals surface area contributed by atoms with E-state index in [0.717, 1.165) is 12.3 Å². The standard InChI is InChI=1S/C17H15ClF3N3O2/c18-12-2-3-14(25)13(9-12)16(26)24-7-5-23(6-8-24)15-4-1-11(10-22-15)17(19,20)21/h1-4,9-10,25H,5-8H2. The Labute approximate surface area is 152 Å². The molecular formula is C17H15ClF3N3O2. The molecule has 2 heterocycles. The molecule has 1 N–H and O–H groups in total. The Balaban J connectivity index is 1.65. The minimum Gasteiger partial charge on any atom is -0.507 e. The van der Waals surface area contributed by atoms with Gasteiger partial charge in [-0.15, -0.1) is 0 Å². The van der Waals surface area contributed by atoms with Crippen LogP contribution in [-0.4, -0.2) is 47.1 Å². The number of rotatable bonds is 2. The van der Waals surface area contributed by atoms with Crippen molar-refractivity contribution in [3.8, 4) is 5.75 Å². The lowest BCUT2D eigenvalue weighted by Crippen LogP contribution is -2.49. The summed E-state index contributed by atoms with van der Waals surface area (Å²) in [5.41, 5.74) is -0.676. The van der Waals surface area contributed by atoms with Gasteiger partial charge in [-0.05, 0) is 30.3 Å². The van der Waals surface area contributed by atoms with E-state index in [-0.39, 0.29) is 17.2 Å². The summed E-state index contributed by atoms with van der Waals surface area (Å²) in [6.07, 6.45) is -3.62. The van der Waals surface area contributed by atoms with Gasteiger partial charge in [0.1, 0.15) is 11.6 Å². The second-order valence-electron chi connectivity index (χ2n) is 5.84. The van der Waals surface area contributed by atoms with E-state index in [0.29, 0.717) is 37.0 Å². The second-order valence-corrected chi connectivity index (χ2v) is 6.28. The topological polar surface area (TPSA) is 56.7 Å². The lowest BCUT2D eigenvalue weighted by molar-refractivity contribution is -0.137. The number of phenols is 1. The van der Waals surface area contributed by atoms with E-state index in [9.17, 15) is 23.1 Å². The van der Waals surface area contributed by atoms with E-state index < -0.39 is 11.7 Å². The SMILES string of the molecule is O=C(c1cc(Cl)ccc1O)N1CCN(c2ccc(C(F)(F)F)cn2)CC1. The molecule has 1 aromatic carbocycles. The Hall–Kier alpha value is -2.48. The average Bonchev–Trinajstić information content (AvgIpc) is 2.63. The van der Waals surface area contributed by atoms with E-state index in [2.05, 4.69) is 4.98 Å². The Morgan fingerprint density at radius 1 is 1.12 bits per heavy atom. The van der Waals surface area contributed by atoms with Gasteiger partial charge in [-0.2, -0.15) is 13.2 Å². The number of phenolic OH excluding ortho intramolecular Hbond substituents is 1. The molecule has 0 aliphatic carbocycles. The number of aromatic nitrogens is 1. The zero-order valence-electron chi connectivity index (χ0n) is 13.5. The third-order valence-electron chi connectivity index (χ3n) is 4.16. The molecule has 1 aliphatic heterocycles. The van der Waals surface area contributed by atoms with Crippen LogP contribution in [0.3, 0.4) is 0 Å². The van der Waals surface area contributed by atoms with Crippen LogP contribution in [0.4, 0.5) is 19.0 Å². The summed E-state index contributed by atoms with van der Waals surface area (Å²) in [7, 11) is 0. The fourth-order valence-corrected chi connectivity index (χ4v) is 2.90. The fourth-order valence-electron chi connectivity index (χ4n) is 2.73. The third-order valence-corrected chi connectivity index (χ3v) is 4.39. The number of carbonyl (C=O) groups excluding carboxylic acids is 1. The molecule has 138 valence electrons. The predicted molar refractivity (Wildman–Crippen MR) is 90.5 cm³/mol. The second kappa shape index (κ2) is 7.03. The molecule has 1 amide bonds. The van der Waals surface area contributed by atoms with Crippen LogP contribution in [0.15, 0.2) is 36.5 Å². The van der Waals surface area contributed by atoms with Crippen LogP contribution in [0.5, 0.6) is 5.75 Å². The normalized spacial score (nSPS) is 15.2. The number of carbonyl (C=O) groups is 1. The van der Waals surface area contributed by atoms with E-state index >= 15 is 0 Å². The van der Waals surface area contributed by atoms with E-state index in [4.69, 9.17) is 11.6 Å². The highest BCUT2D eigenvalue weighted by molar-refractivity contribution is 6.31. The first kappa shape index (κ1) is 18.3. The summed E-state index contributed by atoms with van der Waals surface area (Å²) in [6.45, 7) is 1.55. The van der Waals surface area contributed by atoms with Gasteiger partial charge in [0.15, 0.2) is 0 Å². The van der Waals surface area contributed by atoms with Crippen LogP contribution in [-0.2, 0) is 6.18 Å². The molecular weight excluding hydrogens is 371 g/mol. The summed E-state index contributed by atoms with van der Waals surface area (Å²) in [5.74, 6) is -0.0630. The number of hydrogen-bond acceptors (Lipinski definition) is 4. The molecule has 0 saturated carbocycles. The largest absolute Gasteiger partial charge is 0.507 e. The zero-order chi connectivity index (χ0) is 18.9. The number of benzene rings is 1. The maximum atomic E-state index is 12.6. The summed E-state index contributed by atoms with van der Waals surface area (Å²) < 4.78 is 37.8. The average molecular weight is 386 g/mol. The lowest BCUT2D eigenvalue weighted by atomic mass is 10.1. The first-order valence-electron chi connectivity index (χ1n) is 7.81. The molecule has 0 atom stereocenters. The Bertz CT molecular complexity index is 804. The summed E-state index contributed by atoms with van der Waals surface area (Å²) >= 11 is 5.87.